The van der Waals surface area contributed by atoms with Crippen LogP contribution in [0.1, 0.15) is 42.9 Å². The number of aromatic nitrogens is 2. The lowest BCUT2D eigenvalue weighted by molar-refractivity contribution is 0.0933. The van der Waals surface area contributed by atoms with E-state index in [4.69, 9.17) is 4.74 Å². The van der Waals surface area contributed by atoms with Crippen LogP contribution in [-0.4, -0.2) is 22.8 Å². The van der Waals surface area contributed by atoms with Gasteiger partial charge in [-0.3, -0.25) is 9.59 Å². The lowest BCUT2D eigenvalue weighted by atomic mass is 10.1. The van der Waals surface area contributed by atoms with E-state index in [-0.39, 0.29) is 29.1 Å². The molecule has 0 fully saturated rings. The number of hydrogen-bond donors (Lipinski definition) is 1. The van der Waals surface area contributed by atoms with Crippen molar-refractivity contribution in [2.45, 2.75) is 33.4 Å². The minimum absolute atomic E-state index is 0.182. The average molecular weight is 379 g/mol. The van der Waals surface area contributed by atoms with Crippen LogP contribution in [-0.2, 0) is 6.54 Å². The molecule has 2 aromatic carbocycles. The SMILES string of the molecule is COc1ccccc1C(C)NC(=O)c1nn(CC(C)C)c(=O)c2ccccc12. The zero-order valence-corrected chi connectivity index (χ0v) is 16.6. The maximum Gasteiger partial charge on any atom is 0.274 e. The van der Waals surface area contributed by atoms with E-state index in [1.807, 2.05) is 45.0 Å². The molecule has 3 rings (SSSR count). The van der Waals surface area contributed by atoms with Gasteiger partial charge in [-0.2, -0.15) is 5.10 Å². The number of methoxy groups -OCH3 is 1. The zero-order chi connectivity index (χ0) is 20.3. The molecule has 3 aromatic rings. The van der Waals surface area contributed by atoms with Gasteiger partial charge in [0.25, 0.3) is 11.5 Å². The van der Waals surface area contributed by atoms with Crippen molar-refractivity contribution in [2.75, 3.05) is 7.11 Å². The number of rotatable bonds is 6. The summed E-state index contributed by atoms with van der Waals surface area (Å²) < 4.78 is 6.77. The van der Waals surface area contributed by atoms with E-state index in [0.717, 1.165) is 5.56 Å². The Hall–Kier alpha value is -3.15. The molecule has 1 heterocycles. The highest BCUT2D eigenvalue weighted by Crippen LogP contribution is 2.25. The third kappa shape index (κ3) is 3.91. The fraction of sp³-hybridized carbons (Fsp3) is 0.318. The number of carbonyl (C=O) groups is 1. The van der Waals surface area contributed by atoms with Crippen molar-refractivity contribution in [3.63, 3.8) is 0 Å². The molecule has 0 aliphatic rings. The fourth-order valence-electron chi connectivity index (χ4n) is 3.24. The Morgan fingerprint density at radius 1 is 1.07 bits per heavy atom. The van der Waals surface area contributed by atoms with Crippen LogP contribution in [0.3, 0.4) is 0 Å². The van der Waals surface area contributed by atoms with E-state index in [1.165, 1.54) is 4.68 Å². The smallest absolute Gasteiger partial charge is 0.274 e. The first-order valence-electron chi connectivity index (χ1n) is 9.36. The Labute approximate surface area is 164 Å². The molecule has 0 aliphatic heterocycles. The van der Waals surface area contributed by atoms with Crippen LogP contribution in [0, 0.1) is 5.92 Å². The van der Waals surface area contributed by atoms with E-state index >= 15 is 0 Å². The Morgan fingerprint density at radius 3 is 2.39 bits per heavy atom. The summed E-state index contributed by atoms with van der Waals surface area (Å²) in [5.41, 5.74) is 0.939. The molecular weight excluding hydrogens is 354 g/mol. The number of hydrogen-bond acceptors (Lipinski definition) is 4. The minimum Gasteiger partial charge on any atom is -0.496 e. The lowest BCUT2D eigenvalue weighted by Crippen LogP contribution is -2.33. The summed E-state index contributed by atoms with van der Waals surface area (Å²) in [6.07, 6.45) is 0. The predicted octanol–water partition coefficient (Wildman–Crippen LogP) is 3.55. The van der Waals surface area contributed by atoms with Crippen LogP contribution in [0.2, 0.25) is 0 Å². The summed E-state index contributed by atoms with van der Waals surface area (Å²) in [6, 6.07) is 14.4. The number of benzene rings is 2. The highest BCUT2D eigenvalue weighted by atomic mass is 16.5. The summed E-state index contributed by atoms with van der Waals surface area (Å²) in [7, 11) is 1.60. The van der Waals surface area contributed by atoms with Gasteiger partial charge in [0, 0.05) is 17.5 Å². The van der Waals surface area contributed by atoms with Crippen molar-refractivity contribution in [3.05, 3.63) is 70.1 Å². The second-order valence-electron chi connectivity index (χ2n) is 7.21. The first kappa shape index (κ1) is 19.6. The summed E-state index contributed by atoms with van der Waals surface area (Å²) in [4.78, 5) is 25.8. The Balaban J connectivity index is 2.01. The van der Waals surface area contributed by atoms with Crippen molar-refractivity contribution in [3.8, 4) is 5.75 Å². The first-order chi connectivity index (χ1) is 13.4. The molecule has 1 amide bonds. The predicted molar refractivity (Wildman–Crippen MR) is 110 cm³/mol. The lowest BCUT2D eigenvalue weighted by Gasteiger charge is -2.18. The topological polar surface area (TPSA) is 73.2 Å². The molecule has 0 spiro atoms. The van der Waals surface area contributed by atoms with Gasteiger partial charge in [0.15, 0.2) is 5.69 Å². The third-order valence-corrected chi connectivity index (χ3v) is 4.57. The largest absolute Gasteiger partial charge is 0.496 e. The second kappa shape index (κ2) is 8.25. The molecule has 28 heavy (non-hydrogen) atoms. The van der Waals surface area contributed by atoms with E-state index in [2.05, 4.69) is 10.4 Å². The highest BCUT2D eigenvalue weighted by molar-refractivity contribution is 6.04. The molecule has 1 N–H and O–H groups in total. The van der Waals surface area contributed by atoms with Crippen LogP contribution < -0.4 is 15.6 Å². The van der Waals surface area contributed by atoms with Gasteiger partial charge in [-0.1, -0.05) is 50.2 Å². The minimum atomic E-state index is -0.327. The normalized spacial score (nSPS) is 12.2. The molecule has 6 nitrogen and oxygen atoms in total. The summed E-state index contributed by atoms with van der Waals surface area (Å²) in [5, 5.41) is 8.42. The molecular formula is C22H25N3O3. The van der Waals surface area contributed by atoms with Crippen LogP contribution in [0.4, 0.5) is 0 Å². The van der Waals surface area contributed by atoms with E-state index in [9.17, 15) is 9.59 Å². The van der Waals surface area contributed by atoms with Crippen molar-refractivity contribution < 1.29 is 9.53 Å². The highest BCUT2D eigenvalue weighted by Gasteiger charge is 2.20. The first-order valence-corrected chi connectivity index (χ1v) is 9.36. The summed E-state index contributed by atoms with van der Waals surface area (Å²) in [5.74, 6) is 0.611. The molecule has 0 radical (unpaired) electrons. The van der Waals surface area contributed by atoms with Crippen molar-refractivity contribution in [2.24, 2.45) is 5.92 Å². The Kier molecular flexibility index (Phi) is 5.78. The van der Waals surface area contributed by atoms with E-state index in [0.29, 0.717) is 23.1 Å². The summed E-state index contributed by atoms with van der Waals surface area (Å²) in [6.45, 7) is 6.35. The van der Waals surface area contributed by atoms with Gasteiger partial charge in [0.05, 0.1) is 18.5 Å². The van der Waals surface area contributed by atoms with Gasteiger partial charge in [0.1, 0.15) is 5.75 Å². The molecule has 0 bridgehead atoms. The quantitative estimate of drug-likeness (QED) is 0.711. The van der Waals surface area contributed by atoms with Crippen LogP contribution in [0.15, 0.2) is 53.3 Å². The van der Waals surface area contributed by atoms with Gasteiger partial charge in [-0.15, -0.1) is 0 Å². The number of para-hydroxylation sites is 1. The zero-order valence-electron chi connectivity index (χ0n) is 16.6. The number of nitrogens with zero attached hydrogens (tertiary/aromatic N) is 2. The fourth-order valence-corrected chi connectivity index (χ4v) is 3.24. The standard InChI is InChI=1S/C22H25N3O3/c1-14(2)13-25-22(27)18-11-6-5-10-17(18)20(24-25)21(26)23-15(3)16-9-7-8-12-19(16)28-4/h5-12,14-15H,13H2,1-4H3,(H,23,26). The number of carbonyl (C=O) groups excluding carboxylic acids is 1. The monoisotopic (exact) mass is 379 g/mol. The van der Waals surface area contributed by atoms with Gasteiger partial charge in [0.2, 0.25) is 0 Å². The molecule has 0 saturated heterocycles. The molecule has 1 atom stereocenters. The van der Waals surface area contributed by atoms with Crippen molar-refractivity contribution in [1.82, 2.24) is 15.1 Å². The number of nitrogens with one attached hydrogen (secondary N) is 1. The number of fused-ring (bicyclic) bond motifs is 1. The van der Waals surface area contributed by atoms with Crippen LogP contribution >= 0.6 is 0 Å². The maximum absolute atomic E-state index is 13.1. The van der Waals surface area contributed by atoms with Crippen molar-refractivity contribution >= 4 is 16.7 Å². The van der Waals surface area contributed by atoms with Crippen LogP contribution in [0.5, 0.6) is 5.75 Å². The molecule has 6 heteroatoms. The second-order valence-corrected chi connectivity index (χ2v) is 7.21. The summed E-state index contributed by atoms with van der Waals surface area (Å²) >= 11 is 0. The molecule has 0 aliphatic carbocycles. The molecule has 1 aromatic heterocycles. The average Bonchev–Trinajstić information content (AvgIpc) is 2.69. The van der Waals surface area contributed by atoms with E-state index in [1.54, 1.807) is 31.4 Å². The number of ether oxygens (including phenoxy) is 1. The Morgan fingerprint density at radius 2 is 1.71 bits per heavy atom. The molecule has 146 valence electrons. The maximum atomic E-state index is 13.1. The Bertz CT molecular complexity index is 1060. The van der Waals surface area contributed by atoms with Crippen molar-refractivity contribution in [1.29, 1.82) is 0 Å². The molecule has 1 unspecified atom stereocenters. The van der Waals surface area contributed by atoms with Gasteiger partial charge in [-0.05, 0) is 25.0 Å². The van der Waals surface area contributed by atoms with Crippen LogP contribution in [0.25, 0.3) is 10.8 Å². The third-order valence-electron chi connectivity index (χ3n) is 4.57. The van der Waals surface area contributed by atoms with Gasteiger partial charge < -0.3 is 10.1 Å². The molecule has 0 saturated carbocycles. The van der Waals surface area contributed by atoms with Gasteiger partial charge in [-0.25, -0.2) is 4.68 Å². The van der Waals surface area contributed by atoms with Gasteiger partial charge >= 0.3 is 0 Å². The number of amides is 1. The van der Waals surface area contributed by atoms with E-state index < -0.39 is 0 Å².